The summed E-state index contributed by atoms with van der Waals surface area (Å²) < 4.78 is 5.45. The Morgan fingerprint density at radius 3 is 2.79 bits per heavy atom. The van der Waals surface area contributed by atoms with E-state index in [2.05, 4.69) is 36.3 Å². The summed E-state index contributed by atoms with van der Waals surface area (Å²) in [5.74, 6) is 0.938. The van der Waals surface area contributed by atoms with Gasteiger partial charge < -0.3 is 10.1 Å². The Bertz CT molecular complexity index is 499. The molecule has 0 amide bonds. The van der Waals surface area contributed by atoms with Crippen LogP contribution >= 0.6 is 11.3 Å². The summed E-state index contributed by atoms with van der Waals surface area (Å²) in [4.78, 5) is 4.36. The van der Waals surface area contributed by atoms with Gasteiger partial charge in [-0.15, -0.1) is 11.3 Å². The molecule has 4 heteroatoms. The number of hydrogen-bond acceptors (Lipinski definition) is 4. The van der Waals surface area contributed by atoms with Crippen LogP contribution < -0.4 is 10.1 Å². The quantitative estimate of drug-likeness (QED) is 0.867. The van der Waals surface area contributed by atoms with Gasteiger partial charge in [-0.3, -0.25) is 0 Å². The summed E-state index contributed by atoms with van der Waals surface area (Å²) in [6, 6.07) is 8.70. The van der Waals surface area contributed by atoms with E-state index in [9.17, 15) is 0 Å². The minimum atomic E-state index is 0.245. The van der Waals surface area contributed by atoms with Crippen LogP contribution in [0.5, 0.6) is 5.75 Å². The van der Waals surface area contributed by atoms with Crippen LogP contribution in [-0.2, 0) is 0 Å². The Labute approximate surface area is 118 Å². The predicted molar refractivity (Wildman–Crippen MR) is 79.7 cm³/mol. The third-order valence-electron chi connectivity index (χ3n) is 3.20. The average molecular weight is 276 g/mol. The molecular weight excluding hydrogens is 256 g/mol. The van der Waals surface area contributed by atoms with Crippen LogP contribution in [0, 0.1) is 0 Å². The van der Waals surface area contributed by atoms with Crippen molar-refractivity contribution >= 4 is 11.3 Å². The summed E-state index contributed by atoms with van der Waals surface area (Å²) in [6.45, 7) is 4.33. The van der Waals surface area contributed by atoms with Gasteiger partial charge in [0.1, 0.15) is 10.8 Å². The second kappa shape index (κ2) is 6.68. The number of thiazole rings is 1. The highest BCUT2D eigenvalue weighted by Crippen LogP contribution is 2.29. The van der Waals surface area contributed by atoms with Crippen LogP contribution in [0.3, 0.4) is 0 Å². The van der Waals surface area contributed by atoms with E-state index in [4.69, 9.17) is 4.74 Å². The average Bonchev–Trinajstić information content (AvgIpc) is 2.98. The van der Waals surface area contributed by atoms with Gasteiger partial charge in [-0.1, -0.05) is 25.1 Å². The van der Waals surface area contributed by atoms with Gasteiger partial charge in [0.25, 0.3) is 0 Å². The Hall–Kier alpha value is -1.39. The van der Waals surface area contributed by atoms with E-state index in [1.807, 2.05) is 23.7 Å². The molecule has 19 heavy (non-hydrogen) atoms. The Kier molecular flexibility index (Phi) is 4.93. The second-order valence-electron chi connectivity index (χ2n) is 4.46. The van der Waals surface area contributed by atoms with Crippen LogP contribution in [0.4, 0.5) is 0 Å². The summed E-state index contributed by atoms with van der Waals surface area (Å²) in [5.41, 5.74) is 1.20. The molecule has 0 saturated heterocycles. The predicted octanol–water partition coefficient (Wildman–Crippen LogP) is 3.95. The molecule has 1 aromatic heterocycles. The number of rotatable bonds is 6. The number of benzene rings is 1. The zero-order chi connectivity index (χ0) is 13.7. The molecule has 102 valence electrons. The molecule has 0 aliphatic rings. The summed E-state index contributed by atoms with van der Waals surface area (Å²) >= 11 is 1.68. The summed E-state index contributed by atoms with van der Waals surface area (Å²) in [7, 11) is 1.72. The van der Waals surface area contributed by atoms with Gasteiger partial charge in [-0.2, -0.15) is 0 Å². The molecule has 0 bridgehead atoms. The maximum Gasteiger partial charge on any atom is 0.123 e. The van der Waals surface area contributed by atoms with Crippen molar-refractivity contribution in [3.8, 4) is 5.75 Å². The van der Waals surface area contributed by atoms with E-state index in [0.29, 0.717) is 0 Å². The van der Waals surface area contributed by atoms with Crippen LogP contribution in [0.2, 0.25) is 0 Å². The lowest BCUT2D eigenvalue weighted by atomic mass is 10.0. The molecule has 2 atom stereocenters. The molecule has 1 heterocycles. The highest BCUT2D eigenvalue weighted by atomic mass is 32.1. The van der Waals surface area contributed by atoms with Gasteiger partial charge in [-0.05, 0) is 19.4 Å². The highest BCUT2D eigenvalue weighted by Gasteiger charge is 2.18. The normalized spacial score (nSPS) is 14.1. The van der Waals surface area contributed by atoms with Crippen molar-refractivity contribution in [2.75, 3.05) is 7.11 Å². The fraction of sp³-hybridized carbons (Fsp3) is 0.400. The van der Waals surface area contributed by atoms with Crippen molar-refractivity contribution in [2.45, 2.75) is 32.4 Å². The van der Waals surface area contributed by atoms with Gasteiger partial charge in [0.2, 0.25) is 0 Å². The second-order valence-corrected chi connectivity index (χ2v) is 5.39. The lowest BCUT2D eigenvalue weighted by Gasteiger charge is -2.23. The monoisotopic (exact) mass is 276 g/mol. The Balaban J connectivity index is 2.16. The molecule has 0 spiro atoms. The molecule has 0 saturated carbocycles. The molecule has 2 unspecified atom stereocenters. The van der Waals surface area contributed by atoms with Gasteiger partial charge in [0.15, 0.2) is 0 Å². The zero-order valence-corrected chi connectivity index (χ0v) is 12.4. The first kappa shape index (κ1) is 14.0. The number of nitrogens with zero attached hydrogens (tertiary/aromatic N) is 1. The fourth-order valence-corrected chi connectivity index (χ4v) is 2.86. The summed E-state index contributed by atoms with van der Waals surface area (Å²) in [5, 5.41) is 6.76. The third-order valence-corrected chi connectivity index (χ3v) is 4.15. The minimum Gasteiger partial charge on any atom is -0.496 e. The summed E-state index contributed by atoms with van der Waals surface area (Å²) in [6.07, 6.45) is 2.86. The van der Waals surface area contributed by atoms with Gasteiger partial charge in [0.05, 0.1) is 13.2 Å². The Morgan fingerprint density at radius 2 is 2.16 bits per heavy atom. The van der Waals surface area contributed by atoms with Crippen LogP contribution in [-0.4, -0.2) is 12.1 Å². The topological polar surface area (TPSA) is 34.2 Å². The highest BCUT2D eigenvalue weighted by molar-refractivity contribution is 7.09. The van der Waals surface area contributed by atoms with E-state index >= 15 is 0 Å². The van der Waals surface area contributed by atoms with E-state index in [0.717, 1.165) is 17.2 Å². The van der Waals surface area contributed by atoms with Crippen LogP contribution in [0.1, 0.15) is 42.9 Å². The molecule has 0 aliphatic heterocycles. The molecule has 2 aromatic rings. The molecule has 2 rings (SSSR count). The van der Waals surface area contributed by atoms with Crippen molar-refractivity contribution in [1.82, 2.24) is 10.3 Å². The van der Waals surface area contributed by atoms with Crippen molar-refractivity contribution in [3.63, 3.8) is 0 Å². The van der Waals surface area contributed by atoms with Crippen molar-refractivity contribution in [1.29, 1.82) is 0 Å². The maximum atomic E-state index is 5.45. The molecule has 0 radical (unpaired) electrons. The zero-order valence-electron chi connectivity index (χ0n) is 11.6. The van der Waals surface area contributed by atoms with Gasteiger partial charge >= 0.3 is 0 Å². The standard InChI is InChI=1S/C15H20N2OS/c1-4-13(12-7-5-6-8-14(12)18-3)17-11(2)15-16-9-10-19-15/h5-11,13,17H,4H2,1-3H3. The van der Waals surface area contributed by atoms with Crippen molar-refractivity contribution < 1.29 is 4.74 Å². The number of methoxy groups -OCH3 is 1. The molecule has 0 aliphatic carbocycles. The van der Waals surface area contributed by atoms with E-state index in [1.54, 1.807) is 18.4 Å². The molecule has 1 N–H and O–H groups in total. The van der Waals surface area contributed by atoms with Gasteiger partial charge in [0, 0.05) is 23.2 Å². The molecule has 1 aromatic carbocycles. The Morgan fingerprint density at radius 1 is 1.37 bits per heavy atom. The van der Waals surface area contributed by atoms with E-state index in [-0.39, 0.29) is 12.1 Å². The smallest absolute Gasteiger partial charge is 0.123 e. The number of para-hydroxylation sites is 1. The largest absolute Gasteiger partial charge is 0.496 e. The first-order chi connectivity index (χ1) is 9.26. The SMILES string of the molecule is CCC(NC(C)c1nccs1)c1ccccc1OC. The van der Waals surface area contributed by atoms with Crippen molar-refractivity contribution in [2.24, 2.45) is 0 Å². The maximum absolute atomic E-state index is 5.45. The third kappa shape index (κ3) is 3.33. The van der Waals surface area contributed by atoms with E-state index < -0.39 is 0 Å². The molecule has 0 fully saturated rings. The van der Waals surface area contributed by atoms with Crippen LogP contribution in [0.25, 0.3) is 0 Å². The molecular formula is C15H20N2OS. The first-order valence-corrected chi connectivity index (χ1v) is 7.42. The molecule has 3 nitrogen and oxygen atoms in total. The number of aromatic nitrogens is 1. The number of ether oxygens (including phenoxy) is 1. The van der Waals surface area contributed by atoms with Crippen LogP contribution in [0.15, 0.2) is 35.8 Å². The van der Waals surface area contributed by atoms with E-state index in [1.165, 1.54) is 5.56 Å². The van der Waals surface area contributed by atoms with Gasteiger partial charge in [-0.25, -0.2) is 4.98 Å². The number of hydrogen-bond donors (Lipinski definition) is 1. The lowest BCUT2D eigenvalue weighted by molar-refractivity contribution is 0.388. The minimum absolute atomic E-state index is 0.245. The fourth-order valence-electron chi connectivity index (χ4n) is 2.20. The lowest BCUT2D eigenvalue weighted by Crippen LogP contribution is -2.24. The number of nitrogens with one attached hydrogen (secondary N) is 1. The van der Waals surface area contributed by atoms with Crippen molar-refractivity contribution in [3.05, 3.63) is 46.4 Å². The first-order valence-electron chi connectivity index (χ1n) is 6.54.